The van der Waals surface area contributed by atoms with E-state index in [0.717, 1.165) is 67.8 Å². The normalized spacial score (nSPS) is 28.7. The minimum Gasteiger partial charge on any atom is -0.371 e. The second kappa shape index (κ2) is 7.40. The van der Waals surface area contributed by atoms with Gasteiger partial charge in [-0.15, -0.1) is 0 Å². The van der Waals surface area contributed by atoms with Crippen LogP contribution in [0.4, 0.5) is 17.5 Å². The minimum absolute atomic E-state index is 0.0921. The molecular formula is C25H32N6OS. The Morgan fingerprint density at radius 3 is 2.42 bits per heavy atom. The third-order valence-corrected chi connectivity index (χ3v) is 10.2. The van der Waals surface area contributed by atoms with Gasteiger partial charge in [0.25, 0.3) is 0 Å². The molecule has 0 spiro atoms. The molecule has 33 heavy (non-hydrogen) atoms. The van der Waals surface area contributed by atoms with Crippen LogP contribution in [0.1, 0.15) is 36.1 Å². The molecule has 0 bridgehead atoms. The van der Waals surface area contributed by atoms with Gasteiger partial charge in [-0.25, -0.2) is 4.98 Å². The molecule has 2 saturated heterocycles. The monoisotopic (exact) mass is 464 g/mol. The number of aryl methyl sites for hydroxylation is 3. The van der Waals surface area contributed by atoms with Crippen molar-refractivity contribution in [3.05, 3.63) is 35.0 Å². The molecule has 7 rings (SSSR count). The van der Waals surface area contributed by atoms with Crippen LogP contribution < -0.4 is 20.9 Å². The van der Waals surface area contributed by atoms with E-state index >= 15 is 0 Å². The lowest BCUT2D eigenvalue weighted by atomic mass is 9.77. The van der Waals surface area contributed by atoms with Crippen LogP contribution >= 0.6 is 0 Å². The maximum absolute atomic E-state index is 12.7. The Bertz CT molecular complexity index is 1130. The van der Waals surface area contributed by atoms with Crippen molar-refractivity contribution < 1.29 is 4.21 Å². The molecule has 0 amide bonds. The van der Waals surface area contributed by atoms with Crippen molar-refractivity contribution in [1.82, 2.24) is 9.97 Å². The second-order valence-corrected chi connectivity index (χ2v) is 12.2. The minimum atomic E-state index is -1.02. The fourth-order valence-corrected chi connectivity index (χ4v) is 7.70. The van der Waals surface area contributed by atoms with Crippen molar-refractivity contribution in [1.29, 1.82) is 0 Å². The van der Waals surface area contributed by atoms with Gasteiger partial charge in [0, 0.05) is 62.4 Å². The molecule has 3 atom stereocenters. The molecule has 4 heterocycles. The topological polar surface area (TPSA) is 87.4 Å². The molecule has 3 fully saturated rings. The summed E-state index contributed by atoms with van der Waals surface area (Å²) in [6, 6.07) is 7.04. The molecule has 0 radical (unpaired) electrons. The Hall–Kier alpha value is -2.19. The second-order valence-electron chi connectivity index (χ2n) is 10.7. The smallest absolute Gasteiger partial charge is 0.227 e. The molecule has 5 aliphatic rings. The first-order chi connectivity index (χ1) is 16.1. The van der Waals surface area contributed by atoms with Crippen molar-refractivity contribution in [2.24, 2.45) is 17.6 Å². The van der Waals surface area contributed by atoms with Crippen LogP contribution in [0.15, 0.2) is 23.1 Å². The molecule has 1 unspecified atom stereocenters. The Kier molecular flexibility index (Phi) is 4.53. The predicted octanol–water partition coefficient (Wildman–Crippen LogP) is 2.10. The van der Waals surface area contributed by atoms with E-state index in [1.807, 2.05) is 0 Å². The average Bonchev–Trinajstić information content (AvgIpc) is 3.45. The first-order valence-corrected chi connectivity index (χ1v) is 13.8. The number of nitrogens with two attached hydrogens (primary N) is 1. The molecule has 3 N–H and O–H groups in total. The number of anilines is 3. The lowest BCUT2D eigenvalue weighted by Crippen LogP contribution is -2.51. The first kappa shape index (κ1) is 20.2. The largest absolute Gasteiger partial charge is 0.371 e. The Morgan fingerprint density at radius 2 is 1.79 bits per heavy atom. The predicted molar refractivity (Wildman–Crippen MR) is 132 cm³/mol. The van der Waals surface area contributed by atoms with E-state index in [2.05, 4.69) is 33.3 Å². The third-order valence-electron chi connectivity index (χ3n) is 8.75. The summed E-state index contributed by atoms with van der Waals surface area (Å²) in [6.07, 6.45) is 6.54. The van der Waals surface area contributed by atoms with E-state index in [0.29, 0.717) is 24.1 Å². The van der Waals surface area contributed by atoms with E-state index in [-0.39, 0.29) is 5.54 Å². The van der Waals surface area contributed by atoms with Gasteiger partial charge in [-0.3, -0.25) is 4.21 Å². The van der Waals surface area contributed by atoms with Crippen LogP contribution in [-0.4, -0.2) is 58.2 Å². The van der Waals surface area contributed by atoms with E-state index in [1.165, 1.54) is 36.1 Å². The fraction of sp³-hybridized carbons (Fsp3) is 0.600. The molecule has 1 saturated carbocycles. The van der Waals surface area contributed by atoms with E-state index < -0.39 is 10.8 Å². The highest BCUT2D eigenvalue weighted by Gasteiger charge is 2.42. The molecule has 1 aromatic heterocycles. The van der Waals surface area contributed by atoms with Crippen molar-refractivity contribution >= 4 is 28.3 Å². The van der Waals surface area contributed by atoms with Gasteiger partial charge in [0.05, 0.1) is 22.0 Å². The summed E-state index contributed by atoms with van der Waals surface area (Å²) in [7, 11) is -1.02. The summed E-state index contributed by atoms with van der Waals surface area (Å²) in [5, 5.41) is 3.63. The number of benzene rings is 1. The van der Waals surface area contributed by atoms with Crippen LogP contribution in [0.2, 0.25) is 0 Å². The van der Waals surface area contributed by atoms with Crippen molar-refractivity contribution in [3.8, 4) is 0 Å². The van der Waals surface area contributed by atoms with Gasteiger partial charge in [0.1, 0.15) is 10.7 Å². The molecule has 2 aliphatic carbocycles. The SMILES string of the molecule is NCC1(Nc2nc(N3C[C@H]4CN(c5ccc6c(c5)CC6)C[C@H]4C3)nc3c2S(=O)CC3)CCC1. The highest BCUT2D eigenvalue weighted by molar-refractivity contribution is 7.85. The Morgan fingerprint density at radius 1 is 1.03 bits per heavy atom. The quantitative estimate of drug-likeness (QED) is 0.701. The standard InChI is InChI=1S/C25H32N6OS/c26-15-25(7-1-8-25)29-23-22-21(6-9-33(22)32)27-24(28-23)31-13-18-11-30(12-19(18)14-31)20-5-4-16-2-3-17(16)10-20/h4-5,10,18-19H,1-3,6-9,11-15,26H2,(H,27,28,29)/t18-,19+,33?. The molecule has 7 nitrogen and oxygen atoms in total. The number of aromatic nitrogens is 2. The van der Waals surface area contributed by atoms with E-state index in [4.69, 9.17) is 15.7 Å². The molecule has 2 aromatic rings. The zero-order chi connectivity index (χ0) is 22.2. The highest BCUT2D eigenvalue weighted by Crippen LogP contribution is 2.40. The summed E-state index contributed by atoms with van der Waals surface area (Å²) < 4.78 is 12.7. The van der Waals surface area contributed by atoms with Gasteiger partial charge in [-0.05, 0) is 55.4 Å². The maximum atomic E-state index is 12.7. The first-order valence-electron chi connectivity index (χ1n) is 12.5. The fourth-order valence-electron chi connectivity index (χ4n) is 6.39. The van der Waals surface area contributed by atoms with Gasteiger partial charge in [-0.1, -0.05) is 6.07 Å². The number of rotatable bonds is 5. The highest BCUT2D eigenvalue weighted by atomic mass is 32.2. The number of hydrogen-bond donors (Lipinski definition) is 2. The maximum Gasteiger partial charge on any atom is 0.227 e. The van der Waals surface area contributed by atoms with Gasteiger partial charge < -0.3 is 20.9 Å². The summed E-state index contributed by atoms with van der Waals surface area (Å²) in [4.78, 5) is 15.7. The number of fused-ring (bicyclic) bond motifs is 3. The molecule has 1 aromatic carbocycles. The van der Waals surface area contributed by atoms with Crippen molar-refractivity contribution in [2.45, 2.75) is 49.0 Å². The van der Waals surface area contributed by atoms with Crippen molar-refractivity contribution in [2.75, 3.05) is 53.6 Å². The molecule has 174 valence electrons. The van der Waals surface area contributed by atoms with Gasteiger partial charge in [0.15, 0.2) is 0 Å². The van der Waals surface area contributed by atoms with Gasteiger partial charge in [0.2, 0.25) is 5.95 Å². The molecule has 8 heteroatoms. The molecular weight excluding hydrogens is 432 g/mol. The van der Waals surface area contributed by atoms with Gasteiger partial charge >= 0.3 is 0 Å². The summed E-state index contributed by atoms with van der Waals surface area (Å²) in [6.45, 7) is 4.79. The van der Waals surface area contributed by atoms with Crippen LogP contribution in [0, 0.1) is 11.8 Å². The zero-order valence-electron chi connectivity index (χ0n) is 19.1. The van der Waals surface area contributed by atoms with Gasteiger partial charge in [-0.2, -0.15) is 4.98 Å². The summed E-state index contributed by atoms with van der Waals surface area (Å²) >= 11 is 0. The Labute approximate surface area is 197 Å². The number of hydrogen-bond acceptors (Lipinski definition) is 7. The zero-order valence-corrected chi connectivity index (χ0v) is 19.9. The van der Waals surface area contributed by atoms with Crippen LogP contribution in [0.25, 0.3) is 0 Å². The number of nitrogens with zero attached hydrogens (tertiary/aromatic N) is 4. The van der Waals surface area contributed by atoms with Crippen molar-refractivity contribution in [3.63, 3.8) is 0 Å². The Balaban J connectivity index is 1.11. The molecule has 3 aliphatic heterocycles. The lowest BCUT2D eigenvalue weighted by molar-refractivity contribution is 0.286. The van der Waals surface area contributed by atoms with E-state index in [1.54, 1.807) is 0 Å². The number of nitrogens with one attached hydrogen (secondary N) is 1. The summed E-state index contributed by atoms with van der Waals surface area (Å²) in [5.41, 5.74) is 11.4. The third kappa shape index (κ3) is 3.21. The van der Waals surface area contributed by atoms with E-state index in [9.17, 15) is 4.21 Å². The van der Waals surface area contributed by atoms with Crippen LogP contribution in [0.3, 0.4) is 0 Å². The lowest BCUT2D eigenvalue weighted by Gasteiger charge is -2.42. The average molecular weight is 465 g/mol. The van der Waals surface area contributed by atoms with Crippen LogP contribution in [-0.2, 0) is 30.1 Å². The van der Waals surface area contributed by atoms with Crippen LogP contribution in [0.5, 0.6) is 0 Å². The summed E-state index contributed by atoms with van der Waals surface area (Å²) in [5.74, 6) is 3.51.